The quantitative estimate of drug-likeness (QED) is 0.599. The maximum Gasteiger partial charge on any atom is 0.269 e. The zero-order valence-corrected chi connectivity index (χ0v) is 10.5. The van der Waals surface area contributed by atoms with Crippen LogP contribution in [0.2, 0.25) is 0 Å². The highest BCUT2D eigenvalue weighted by Crippen LogP contribution is 2.14. The van der Waals surface area contributed by atoms with E-state index in [0.29, 0.717) is 12.2 Å². The van der Waals surface area contributed by atoms with Gasteiger partial charge in [-0.3, -0.25) is 19.6 Å². The maximum atomic E-state index is 10.7. The van der Waals surface area contributed by atoms with Gasteiger partial charge in [0.15, 0.2) is 0 Å². The summed E-state index contributed by atoms with van der Waals surface area (Å²) in [5.41, 5.74) is 6.60. The standard InChI is InChI=1S/C12H13N5O3/c13-12(18)8-16-7-10(6-15-16)14-5-9-2-1-3-11(4-9)17(19)20/h1-4,6-7,14H,5,8H2,(H2,13,18). The second-order valence-electron chi connectivity index (χ2n) is 4.17. The van der Waals surface area contributed by atoms with E-state index >= 15 is 0 Å². The smallest absolute Gasteiger partial charge is 0.269 e. The second kappa shape index (κ2) is 5.83. The molecule has 0 saturated heterocycles. The Morgan fingerprint density at radius 2 is 2.30 bits per heavy atom. The van der Waals surface area contributed by atoms with Gasteiger partial charge in [0.05, 0.1) is 16.8 Å². The van der Waals surface area contributed by atoms with Crippen LogP contribution < -0.4 is 11.1 Å². The summed E-state index contributed by atoms with van der Waals surface area (Å²) in [7, 11) is 0. The summed E-state index contributed by atoms with van der Waals surface area (Å²) in [6.07, 6.45) is 3.20. The molecule has 0 aliphatic rings. The van der Waals surface area contributed by atoms with Crippen molar-refractivity contribution in [3.05, 3.63) is 52.3 Å². The molecule has 0 bridgehead atoms. The summed E-state index contributed by atoms with van der Waals surface area (Å²) >= 11 is 0. The molecule has 0 atom stereocenters. The molecule has 0 aliphatic heterocycles. The first-order valence-electron chi connectivity index (χ1n) is 5.82. The van der Waals surface area contributed by atoms with E-state index in [-0.39, 0.29) is 12.2 Å². The third-order valence-corrected chi connectivity index (χ3v) is 2.57. The molecule has 2 aromatic rings. The number of aromatic nitrogens is 2. The lowest BCUT2D eigenvalue weighted by molar-refractivity contribution is -0.384. The number of nitrogens with one attached hydrogen (secondary N) is 1. The maximum absolute atomic E-state index is 10.7. The molecule has 1 amide bonds. The molecule has 2 rings (SSSR count). The number of nitrogens with zero attached hydrogens (tertiary/aromatic N) is 3. The Morgan fingerprint density at radius 3 is 3.00 bits per heavy atom. The van der Waals surface area contributed by atoms with Crippen molar-refractivity contribution in [2.45, 2.75) is 13.1 Å². The van der Waals surface area contributed by atoms with E-state index in [0.717, 1.165) is 5.56 Å². The normalized spacial score (nSPS) is 10.2. The summed E-state index contributed by atoms with van der Waals surface area (Å²) in [4.78, 5) is 21.0. The van der Waals surface area contributed by atoms with E-state index in [4.69, 9.17) is 5.73 Å². The number of anilines is 1. The number of hydrogen-bond donors (Lipinski definition) is 2. The van der Waals surface area contributed by atoms with E-state index in [1.54, 1.807) is 24.5 Å². The van der Waals surface area contributed by atoms with Crippen molar-refractivity contribution in [1.82, 2.24) is 9.78 Å². The van der Waals surface area contributed by atoms with Crippen LogP contribution in [0.3, 0.4) is 0 Å². The van der Waals surface area contributed by atoms with Gasteiger partial charge in [-0.15, -0.1) is 0 Å². The van der Waals surface area contributed by atoms with Crippen LogP contribution in [-0.2, 0) is 17.9 Å². The molecule has 20 heavy (non-hydrogen) atoms. The van der Waals surface area contributed by atoms with Gasteiger partial charge in [-0.2, -0.15) is 5.10 Å². The van der Waals surface area contributed by atoms with Crippen LogP contribution in [0.1, 0.15) is 5.56 Å². The largest absolute Gasteiger partial charge is 0.378 e. The van der Waals surface area contributed by atoms with Gasteiger partial charge in [-0.25, -0.2) is 0 Å². The molecule has 0 radical (unpaired) electrons. The molecule has 8 heteroatoms. The van der Waals surface area contributed by atoms with Crippen molar-refractivity contribution >= 4 is 17.3 Å². The molecule has 0 saturated carbocycles. The highest BCUT2D eigenvalue weighted by Gasteiger charge is 2.06. The number of hydrogen-bond acceptors (Lipinski definition) is 5. The first kappa shape index (κ1) is 13.5. The van der Waals surface area contributed by atoms with Crippen LogP contribution in [0.4, 0.5) is 11.4 Å². The predicted molar refractivity (Wildman–Crippen MR) is 71.8 cm³/mol. The number of nitro benzene ring substituents is 1. The van der Waals surface area contributed by atoms with Crippen molar-refractivity contribution in [1.29, 1.82) is 0 Å². The van der Waals surface area contributed by atoms with Crippen molar-refractivity contribution in [3.8, 4) is 0 Å². The van der Waals surface area contributed by atoms with Gasteiger partial charge >= 0.3 is 0 Å². The number of amides is 1. The summed E-state index contributed by atoms with van der Waals surface area (Å²) in [5, 5.41) is 17.7. The molecular weight excluding hydrogens is 262 g/mol. The molecule has 104 valence electrons. The Hall–Kier alpha value is -2.90. The van der Waals surface area contributed by atoms with Gasteiger partial charge in [-0.1, -0.05) is 12.1 Å². The molecule has 1 aromatic carbocycles. The molecule has 1 heterocycles. The topological polar surface area (TPSA) is 116 Å². The van der Waals surface area contributed by atoms with Gasteiger partial charge in [-0.05, 0) is 5.56 Å². The Kier molecular flexibility index (Phi) is 3.94. The number of nitrogens with two attached hydrogens (primary N) is 1. The van der Waals surface area contributed by atoms with Crippen LogP contribution in [0.5, 0.6) is 0 Å². The zero-order chi connectivity index (χ0) is 14.5. The number of carbonyl (C=O) groups excluding carboxylic acids is 1. The second-order valence-corrected chi connectivity index (χ2v) is 4.17. The van der Waals surface area contributed by atoms with E-state index in [1.807, 2.05) is 0 Å². The van der Waals surface area contributed by atoms with Crippen molar-refractivity contribution in [3.63, 3.8) is 0 Å². The number of non-ortho nitro benzene ring substituents is 1. The molecule has 0 aliphatic carbocycles. The molecule has 1 aromatic heterocycles. The van der Waals surface area contributed by atoms with E-state index in [1.165, 1.54) is 16.8 Å². The van der Waals surface area contributed by atoms with Crippen molar-refractivity contribution in [2.24, 2.45) is 5.73 Å². The molecule has 8 nitrogen and oxygen atoms in total. The number of carbonyl (C=O) groups is 1. The van der Waals surface area contributed by atoms with Crippen LogP contribution in [0, 0.1) is 10.1 Å². The average Bonchev–Trinajstić information content (AvgIpc) is 2.83. The highest BCUT2D eigenvalue weighted by atomic mass is 16.6. The zero-order valence-electron chi connectivity index (χ0n) is 10.5. The number of benzene rings is 1. The lowest BCUT2D eigenvalue weighted by Crippen LogP contribution is -2.18. The first-order valence-corrected chi connectivity index (χ1v) is 5.82. The molecule has 3 N–H and O–H groups in total. The Balaban J connectivity index is 1.98. The van der Waals surface area contributed by atoms with Crippen LogP contribution in [0.25, 0.3) is 0 Å². The third kappa shape index (κ3) is 3.55. The monoisotopic (exact) mass is 275 g/mol. The predicted octanol–water partition coefficient (Wildman–Crippen LogP) is 0.889. The minimum Gasteiger partial charge on any atom is -0.378 e. The summed E-state index contributed by atoms with van der Waals surface area (Å²) in [5.74, 6) is -0.474. The Bertz CT molecular complexity index is 638. The number of nitro groups is 1. The fraction of sp³-hybridized carbons (Fsp3) is 0.167. The lowest BCUT2D eigenvalue weighted by atomic mass is 10.2. The first-order chi connectivity index (χ1) is 9.54. The van der Waals surface area contributed by atoms with Gasteiger partial charge in [0, 0.05) is 24.9 Å². The van der Waals surface area contributed by atoms with Gasteiger partial charge < -0.3 is 11.1 Å². The Morgan fingerprint density at radius 1 is 1.50 bits per heavy atom. The van der Waals surface area contributed by atoms with Gasteiger partial charge in [0.25, 0.3) is 5.69 Å². The highest BCUT2D eigenvalue weighted by molar-refractivity contribution is 5.73. The third-order valence-electron chi connectivity index (χ3n) is 2.57. The molecular formula is C12H13N5O3. The number of rotatable bonds is 6. The number of primary amides is 1. The SMILES string of the molecule is NC(=O)Cn1cc(NCc2cccc([N+](=O)[O-])c2)cn1. The average molecular weight is 275 g/mol. The van der Waals surface area contributed by atoms with Crippen molar-refractivity contribution in [2.75, 3.05) is 5.32 Å². The minimum absolute atomic E-state index is 0.0124. The molecule has 0 spiro atoms. The lowest BCUT2D eigenvalue weighted by Gasteiger charge is -2.03. The van der Waals surface area contributed by atoms with E-state index in [2.05, 4.69) is 10.4 Å². The van der Waals surface area contributed by atoms with Crippen LogP contribution in [0.15, 0.2) is 36.7 Å². The fourth-order valence-corrected chi connectivity index (χ4v) is 1.69. The van der Waals surface area contributed by atoms with Gasteiger partial charge in [0.2, 0.25) is 5.91 Å². The minimum atomic E-state index is -0.474. The fourth-order valence-electron chi connectivity index (χ4n) is 1.69. The summed E-state index contributed by atoms with van der Waals surface area (Å²) < 4.78 is 1.41. The van der Waals surface area contributed by atoms with E-state index in [9.17, 15) is 14.9 Å². The van der Waals surface area contributed by atoms with Gasteiger partial charge in [0.1, 0.15) is 6.54 Å². The van der Waals surface area contributed by atoms with Crippen LogP contribution in [-0.4, -0.2) is 20.6 Å². The molecule has 0 fully saturated rings. The van der Waals surface area contributed by atoms with Crippen molar-refractivity contribution < 1.29 is 9.72 Å². The Labute approximate surface area is 114 Å². The molecule has 0 unspecified atom stereocenters. The van der Waals surface area contributed by atoms with E-state index < -0.39 is 10.8 Å². The summed E-state index contributed by atoms with van der Waals surface area (Å²) in [6, 6.07) is 6.36. The summed E-state index contributed by atoms with van der Waals surface area (Å²) in [6.45, 7) is 0.433. The van der Waals surface area contributed by atoms with Crippen LogP contribution >= 0.6 is 0 Å².